The maximum absolute atomic E-state index is 12.3. The number of ether oxygens (including phenoxy) is 1. The minimum Gasteiger partial charge on any atom is -0.489 e. The molecule has 2 aromatic rings. The first kappa shape index (κ1) is 25.2. The third-order valence-corrected chi connectivity index (χ3v) is 4.42. The summed E-state index contributed by atoms with van der Waals surface area (Å²) < 4.78 is 37.5. The van der Waals surface area contributed by atoms with Gasteiger partial charge >= 0.3 is 18.1 Å². The predicted molar refractivity (Wildman–Crippen MR) is 110 cm³/mol. The van der Waals surface area contributed by atoms with E-state index in [0.29, 0.717) is 30.9 Å². The van der Waals surface area contributed by atoms with Gasteiger partial charge in [-0.25, -0.2) is 4.79 Å². The Balaban J connectivity index is 0.000000479. The molecular weight excluding hydrogens is 447 g/mol. The predicted octanol–water partition coefficient (Wildman–Crippen LogP) is 2.27. The second kappa shape index (κ2) is 11.0. The van der Waals surface area contributed by atoms with Crippen LogP contribution >= 0.6 is 0 Å². The zero-order valence-electron chi connectivity index (χ0n) is 17.1. The molecule has 0 saturated heterocycles. The Labute approximate surface area is 185 Å². The number of hydrogen-bond acceptors (Lipinski definition) is 6. The lowest BCUT2D eigenvalue weighted by atomic mass is 9.98. The van der Waals surface area contributed by atoms with Crippen LogP contribution in [0.4, 0.5) is 13.2 Å². The highest BCUT2D eigenvalue weighted by molar-refractivity contribution is 5.98. The summed E-state index contributed by atoms with van der Waals surface area (Å²) in [7, 11) is 0. The summed E-state index contributed by atoms with van der Waals surface area (Å²) in [4.78, 5) is 33.4. The van der Waals surface area contributed by atoms with Crippen LogP contribution in [-0.2, 0) is 22.6 Å². The number of nitrogens with two attached hydrogens (primary N) is 1. The molecule has 176 valence electrons. The van der Waals surface area contributed by atoms with E-state index in [9.17, 15) is 22.8 Å². The molecule has 1 amide bonds. The van der Waals surface area contributed by atoms with Crippen LogP contribution in [0.1, 0.15) is 27.0 Å². The molecule has 3 rings (SSSR count). The highest BCUT2D eigenvalue weighted by Crippen LogP contribution is 2.24. The zero-order chi connectivity index (χ0) is 24.6. The van der Waals surface area contributed by atoms with Gasteiger partial charge in [0.15, 0.2) is 0 Å². The maximum atomic E-state index is 12.3. The molecule has 1 aliphatic heterocycles. The van der Waals surface area contributed by atoms with Gasteiger partial charge in [0, 0.05) is 12.1 Å². The van der Waals surface area contributed by atoms with Crippen LogP contribution in [0.5, 0.6) is 5.75 Å². The second-order valence-electron chi connectivity index (χ2n) is 6.80. The van der Waals surface area contributed by atoms with E-state index in [-0.39, 0.29) is 12.5 Å². The van der Waals surface area contributed by atoms with Gasteiger partial charge in [-0.1, -0.05) is 24.3 Å². The van der Waals surface area contributed by atoms with Gasteiger partial charge in [-0.3, -0.25) is 9.59 Å². The van der Waals surface area contributed by atoms with Gasteiger partial charge in [-0.15, -0.1) is 0 Å². The first-order valence-corrected chi connectivity index (χ1v) is 9.40. The SMILES string of the molecule is NN=Cc1ccc(COc2ccc3c(c2)CCN(CC(=O)O)C3=O)cc1.O=C(O)C(F)(F)F. The smallest absolute Gasteiger partial charge is 0.489 e. The van der Waals surface area contributed by atoms with E-state index in [2.05, 4.69) is 5.10 Å². The number of benzene rings is 2. The lowest BCUT2D eigenvalue weighted by molar-refractivity contribution is -0.192. The van der Waals surface area contributed by atoms with E-state index >= 15 is 0 Å². The number of hydrogen-bond donors (Lipinski definition) is 3. The molecule has 33 heavy (non-hydrogen) atoms. The largest absolute Gasteiger partial charge is 0.490 e. The standard InChI is InChI=1S/C19H19N3O4.C2HF3O2/c20-21-10-13-1-3-14(4-2-13)12-26-16-5-6-17-15(9-16)7-8-22(19(17)25)11-18(23)24;3-2(4,5)1(6)7/h1-6,9-10H,7-8,11-12,20H2,(H,23,24);(H,6,7). The molecule has 0 fully saturated rings. The molecule has 0 unspecified atom stereocenters. The van der Waals surface area contributed by atoms with Crippen LogP contribution in [0.25, 0.3) is 0 Å². The summed E-state index contributed by atoms with van der Waals surface area (Å²) >= 11 is 0. The van der Waals surface area contributed by atoms with Crippen molar-refractivity contribution in [3.8, 4) is 5.75 Å². The van der Waals surface area contributed by atoms with E-state index < -0.39 is 18.1 Å². The number of hydrazone groups is 1. The molecule has 1 heterocycles. The van der Waals surface area contributed by atoms with E-state index in [4.69, 9.17) is 25.6 Å². The third kappa shape index (κ3) is 7.52. The molecule has 0 radical (unpaired) electrons. The Morgan fingerprint density at radius 3 is 2.33 bits per heavy atom. The number of carbonyl (C=O) groups excluding carboxylic acids is 1. The molecule has 0 spiro atoms. The molecule has 0 aliphatic carbocycles. The minimum absolute atomic E-state index is 0.252. The third-order valence-electron chi connectivity index (χ3n) is 4.42. The fourth-order valence-electron chi connectivity index (χ4n) is 2.87. The molecular formula is C21H20F3N3O6. The van der Waals surface area contributed by atoms with Crippen molar-refractivity contribution in [2.45, 2.75) is 19.2 Å². The van der Waals surface area contributed by atoms with Gasteiger partial charge in [-0.2, -0.15) is 18.3 Å². The van der Waals surface area contributed by atoms with Gasteiger partial charge < -0.3 is 25.7 Å². The van der Waals surface area contributed by atoms with Crippen LogP contribution in [-0.4, -0.2) is 58.4 Å². The number of carbonyl (C=O) groups is 3. The number of alkyl halides is 3. The zero-order valence-corrected chi connectivity index (χ0v) is 17.1. The molecule has 9 nitrogen and oxygen atoms in total. The Morgan fingerprint density at radius 1 is 1.15 bits per heavy atom. The van der Waals surface area contributed by atoms with Crippen molar-refractivity contribution in [2.75, 3.05) is 13.1 Å². The van der Waals surface area contributed by atoms with E-state index in [0.717, 1.165) is 16.7 Å². The lowest BCUT2D eigenvalue weighted by Crippen LogP contribution is -2.40. The van der Waals surface area contributed by atoms with Crippen LogP contribution in [0.15, 0.2) is 47.6 Å². The Morgan fingerprint density at radius 2 is 1.79 bits per heavy atom. The summed E-state index contributed by atoms with van der Waals surface area (Å²) in [5, 5.41) is 19.5. The summed E-state index contributed by atoms with van der Waals surface area (Å²) in [6.07, 6.45) is -2.91. The first-order valence-electron chi connectivity index (χ1n) is 9.40. The molecule has 0 atom stereocenters. The van der Waals surface area contributed by atoms with Crippen molar-refractivity contribution in [1.29, 1.82) is 0 Å². The average molecular weight is 467 g/mol. The summed E-state index contributed by atoms with van der Waals surface area (Å²) in [5.74, 6) is 1.78. The Bertz CT molecular complexity index is 1040. The summed E-state index contributed by atoms with van der Waals surface area (Å²) in [6, 6.07) is 12.9. The van der Waals surface area contributed by atoms with Gasteiger partial charge in [0.2, 0.25) is 0 Å². The average Bonchev–Trinajstić information content (AvgIpc) is 2.75. The molecule has 0 saturated carbocycles. The number of nitrogens with zero attached hydrogens (tertiary/aromatic N) is 2. The normalized spacial score (nSPS) is 13.2. The van der Waals surface area contributed by atoms with Crippen molar-refractivity contribution in [3.05, 3.63) is 64.7 Å². The van der Waals surface area contributed by atoms with Crippen molar-refractivity contribution in [3.63, 3.8) is 0 Å². The van der Waals surface area contributed by atoms with Crippen LogP contribution in [0, 0.1) is 0 Å². The van der Waals surface area contributed by atoms with Gasteiger partial charge in [0.25, 0.3) is 5.91 Å². The number of halogens is 3. The molecule has 4 N–H and O–H groups in total. The number of fused-ring (bicyclic) bond motifs is 1. The fraction of sp³-hybridized carbons (Fsp3) is 0.238. The molecule has 0 aromatic heterocycles. The number of carboxylic acid groups (broad SMARTS) is 2. The number of amides is 1. The molecule has 1 aliphatic rings. The number of aliphatic carboxylic acids is 2. The summed E-state index contributed by atoms with van der Waals surface area (Å²) in [5.41, 5.74) is 3.33. The quantitative estimate of drug-likeness (QED) is 0.336. The molecule has 12 heteroatoms. The van der Waals surface area contributed by atoms with Gasteiger partial charge in [-0.05, 0) is 41.3 Å². The van der Waals surface area contributed by atoms with Crippen molar-refractivity contribution < 1.29 is 42.5 Å². The minimum atomic E-state index is -5.08. The van der Waals surface area contributed by atoms with Crippen molar-refractivity contribution in [1.82, 2.24) is 4.90 Å². The van der Waals surface area contributed by atoms with E-state index in [1.165, 1.54) is 4.90 Å². The van der Waals surface area contributed by atoms with E-state index in [1.807, 2.05) is 30.3 Å². The summed E-state index contributed by atoms with van der Waals surface area (Å²) in [6.45, 7) is 0.519. The molecule has 0 bridgehead atoms. The van der Waals surface area contributed by atoms with Gasteiger partial charge in [0.1, 0.15) is 18.9 Å². The lowest BCUT2D eigenvalue weighted by Gasteiger charge is -2.27. The fourth-order valence-corrected chi connectivity index (χ4v) is 2.87. The van der Waals surface area contributed by atoms with Crippen LogP contribution < -0.4 is 10.6 Å². The van der Waals surface area contributed by atoms with Crippen LogP contribution in [0.2, 0.25) is 0 Å². The second-order valence-corrected chi connectivity index (χ2v) is 6.80. The first-order chi connectivity index (χ1) is 15.5. The number of rotatable bonds is 6. The molecule has 2 aromatic carbocycles. The highest BCUT2D eigenvalue weighted by atomic mass is 19.4. The Hall–Kier alpha value is -4.09. The Kier molecular flexibility index (Phi) is 8.37. The van der Waals surface area contributed by atoms with Crippen molar-refractivity contribution in [2.24, 2.45) is 10.9 Å². The van der Waals surface area contributed by atoms with E-state index in [1.54, 1.807) is 18.3 Å². The maximum Gasteiger partial charge on any atom is 0.490 e. The van der Waals surface area contributed by atoms with Crippen molar-refractivity contribution >= 4 is 24.1 Å². The van der Waals surface area contributed by atoms with Crippen LogP contribution in [0.3, 0.4) is 0 Å². The monoisotopic (exact) mass is 467 g/mol. The van der Waals surface area contributed by atoms with Gasteiger partial charge in [0.05, 0.1) is 6.21 Å². The topological polar surface area (TPSA) is 143 Å². The number of carboxylic acids is 2. The highest BCUT2D eigenvalue weighted by Gasteiger charge is 2.38.